The van der Waals surface area contributed by atoms with Crippen LogP contribution in [0, 0.1) is 6.92 Å². The quantitative estimate of drug-likeness (QED) is 0.526. The number of nitrogens with zero attached hydrogens (tertiary/aromatic N) is 4. The molecule has 21 heavy (non-hydrogen) atoms. The van der Waals surface area contributed by atoms with Gasteiger partial charge in [-0.2, -0.15) is 0 Å². The van der Waals surface area contributed by atoms with E-state index in [1.165, 1.54) is 0 Å². The molecular weight excluding hydrogens is 328 g/mol. The fraction of sp³-hybridized carbons (Fsp3) is 0.0625. The summed E-state index contributed by atoms with van der Waals surface area (Å²) in [5.41, 5.74) is 4.63. The van der Waals surface area contributed by atoms with Gasteiger partial charge in [-0.25, -0.2) is 9.97 Å². The number of benzene rings is 1. The van der Waals surface area contributed by atoms with Crippen LogP contribution < -0.4 is 0 Å². The zero-order valence-corrected chi connectivity index (χ0v) is 12.9. The zero-order valence-electron chi connectivity index (χ0n) is 11.3. The molecule has 5 heteroatoms. The van der Waals surface area contributed by atoms with Gasteiger partial charge >= 0.3 is 0 Å². The molecule has 0 atom stereocenters. The Morgan fingerprint density at radius 1 is 1.00 bits per heavy atom. The van der Waals surface area contributed by atoms with Crippen molar-refractivity contribution in [2.75, 3.05) is 0 Å². The smallest absolute Gasteiger partial charge is 0.163 e. The van der Waals surface area contributed by atoms with Crippen molar-refractivity contribution in [2.24, 2.45) is 0 Å². The molecule has 4 rings (SSSR count). The standard InChI is InChI=1S/C16H11BrN4/c1-10-15(17)20-13-7-9-21(16(13)19-10)14-6-2-5-12-11(14)4-3-8-18-12/h2-9H,1H3. The Labute approximate surface area is 129 Å². The maximum Gasteiger partial charge on any atom is 0.163 e. The summed E-state index contributed by atoms with van der Waals surface area (Å²) >= 11 is 3.43. The lowest BCUT2D eigenvalue weighted by Crippen LogP contribution is -1.98. The lowest BCUT2D eigenvalue weighted by atomic mass is 10.2. The highest BCUT2D eigenvalue weighted by atomic mass is 79.9. The van der Waals surface area contributed by atoms with E-state index in [2.05, 4.69) is 47.6 Å². The second-order valence-corrected chi connectivity index (χ2v) is 5.59. The number of halogens is 1. The molecule has 0 unspecified atom stereocenters. The molecule has 0 radical (unpaired) electrons. The number of aromatic nitrogens is 4. The van der Waals surface area contributed by atoms with Gasteiger partial charge in [-0.15, -0.1) is 0 Å². The molecule has 1 aromatic carbocycles. The van der Waals surface area contributed by atoms with E-state index in [1.54, 1.807) is 6.20 Å². The van der Waals surface area contributed by atoms with Crippen molar-refractivity contribution < 1.29 is 0 Å². The Bertz CT molecular complexity index is 969. The fourth-order valence-electron chi connectivity index (χ4n) is 2.50. The van der Waals surface area contributed by atoms with Crippen LogP contribution in [0.1, 0.15) is 5.69 Å². The molecule has 0 N–H and O–H groups in total. The minimum absolute atomic E-state index is 0.785. The topological polar surface area (TPSA) is 43.6 Å². The Morgan fingerprint density at radius 2 is 1.90 bits per heavy atom. The monoisotopic (exact) mass is 338 g/mol. The molecule has 0 aliphatic heterocycles. The molecule has 0 saturated carbocycles. The molecule has 0 saturated heterocycles. The van der Waals surface area contributed by atoms with E-state index in [0.29, 0.717) is 0 Å². The molecule has 0 spiro atoms. The van der Waals surface area contributed by atoms with E-state index >= 15 is 0 Å². The Hall–Kier alpha value is -2.27. The number of hydrogen-bond donors (Lipinski definition) is 0. The van der Waals surface area contributed by atoms with Crippen molar-refractivity contribution in [1.29, 1.82) is 0 Å². The summed E-state index contributed by atoms with van der Waals surface area (Å²) in [6.45, 7) is 1.94. The molecule has 0 fully saturated rings. The molecule has 0 aliphatic rings. The lowest BCUT2D eigenvalue weighted by molar-refractivity contribution is 1.06. The third-order valence-electron chi connectivity index (χ3n) is 3.51. The average molecular weight is 339 g/mol. The molecule has 4 nitrogen and oxygen atoms in total. The molecule has 102 valence electrons. The molecule has 0 aliphatic carbocycles. The largest absolute Gasteiger partial charge is 0.299 e. The van der Waals surface area contributed by atoms with Gasteiger partial charge in [-0.3, -0.25) is 9.55 Å². The van der Waals surface area contributed by atoms with Gasteiger partial charge in [0, 0.05) is 17.8 Å². The number of rotatable bonds is 1. The SMILES string of the molecule is Cc1nc2c(ccn2-c2cccc3ncccc23)nc1Br. The van der Waals surface area contributed by atoms with Crippen molar-refractivity contribution in [2.45, 2.75) is 6.92 Å². The maximum absolute atomic E-state index is 4.65. The van der Waals surface area contributed by atoms with Crippen LogP contribution in [0.25, 0.3) is 27.8 Å². The summed E-state index contributed by atoms with van der Waals surface area (Å²) in [5, 5.41) is 1.10. The van der Waals surface area contributed by atoms with Crippen molar-refractivity contribution in [1.82, 2.24) is 19.5 Å². The molecule has 0 bridgehead atoms. The van der Waals surface area contributed by atoms with Gasteiger partial charge in [-0.05, 0) is 53.2 Å². The predicted octanol–water partition coefficient (Wildman–Crippen LogP) is 4.04. The molecule has 0 amide bonds. The third kappa shape index (κ3) is 1.93. The second kappa shape index (κ2) is 4.63. The van der Waals surface area contributed by atoms with Crippen LogP contribution in [-0.4, -0.2) is 19.5 Å². The van der Waals surface area contributed by atoms with Gasteiger partial charge < -0.3 is 0 Å². The van der Waals surface area contributed by atoms with Gasteiger partial charge in [0.25, 0.3) is 0 Å². The fourth-order valence-corrected chi connectivity index (χ4v) is 2.77. The highest BCUT2D eigenvalue weighted by molar-refractivity contribution is 9.10. The normalized spacial score (nSPS) is 11.3. The summed E-state index contributed by atoms with van der Waals surface area (Å²) < 4.78 is 2.85. The first kappa shape index (κ1) is 12.5. The van der Waals surface area contributed by atoms with Crippen molar-refractivity contribution in [3.05, 3.63) is 59.1 Å². The van der Waals surface area contributed by atoms with E-state index in [-0.39, 0.29) is 0 Å². The van der Waals surface area contributed by atoms with Crippen molar-refractivity contribution >= 4 is 38.0 Å². The van der Waals surface area contributed by atoms with Gasteiger partial charge in [-0.1, -0.05) is 6.07 Å². The van der Waals surface area contributed by atoms with Crippen LogP contribution in [0.15, 0.2) is 53.4 Å². The van der Waals surface area contributed by atoms with E-state index in [1.807, 2.05) is 37.4 Å². The number of pyridine rings is 1. The Balaban J connectivity index is 2.07. The van der Waals surface area contributed by atoms with E-state index < -0.39 is 0 Å². The third-order valence-corrected chi connectivity index (χ3v) is 4.26. The minimum atomic E-state index is 0.785. The Kier molecular flexibility index (Phi) is 2.75. The first-order chi connectivity index (χ1) is 10.2. The summed E-state index contributed by atoms with van der Waals surface area (Å²) in [5.74, 6) is 0. The zero-order chi connectivity index (χ0) is 14.4. The van der Waals surface area contributed by atoms with Gasteiger partial charge in [0.15, 0.2) is 5.65 Å². The minimum Gasteiger partial charge on any atom is -0.299 e. The molecular formula is C16H11BrN4. The lowest BCUT2D eigenvalue weighted by Gasteiger charge is -2.08. The highest BCUT2D eigenvalue weighted by Gasteiger charge is 2.11. The molecule has 3 heterocycles. The predicted molar refractivity (Wildman–Crippen MR) is 86.6 cm³/mol. The number of hydrogen-bond acceptors (Lipinski definition) is 3. The van der Waals surface area contributed by atoms with E-state index in [9.17, 15) is 0 Å². The van der Waals surface area contributed by atoms with Crippen LogP contribution in [0.4, 0.5) is 0 Å². The van der Waals surface area contributed by atoms with Gasteiger partial charge in [0.2, 0.25) is 0 Å². The van der Waals surface area contributed by atoms with Crippen LogP contribution in [-0.2, 0) is 0 Å². The van der Waals surface area contributed by atoms with E-state index in [4.69, 9.17) is 0 Å². The van der Waals surface area contributed by atoms with Gasteiger partial charge in [0.05, 0.1) is 16.9 Å². The van der Waals surface area contributed by atoms with Gasteiger partial charge in [0.1, 0.15) is 10.1 Å². The van der Waals surface area contributed by atoms with Crippen molar-refractivity contribution in [3.8, 4) is 5.69 Å². The van der Waals surface area contributed by atoms with Crippen LogP contribution in [0.2, 0.25) is 0 Å². The summed E-state index contributed by atoms with van der Waals surface area (Å²) in [4.78, 5) is 13.6. The van der Waals surface area contributed by atoms with Crippen LogP contribution in [0.5, 0.6) is 0 Å². The maximum atomic E-state index is 4.65. The number of aryl methyl sites for hydroxylation is 1. The number of fused-ring (bicyclic) bond motifs is 2. The van der Waals surface area contributed by atoms with Crippen LogP contribution in [0.3, 0.4) is 0 Å². The average Bonchev–Trinajstić information content (AvgIpc) is 2.90. The highest BCUT2D eigenvalue weighted by Crippen LogP contribution is 2.25. The molecule has 3 aromatic heterocycles. The van der Waals surface area contributed by atoms with Crippen LogP contribution >= 0.6 is 15.9 Å². The first-order valence-electron chi connectivity index (χ1n) is 6.59. The first-order valence-corrected chi connectivity index (χ1v) is 7.38. The Morgan fingerprint density at radius 3 is 2.81 bits per heavy atom. The summed E-state index contributed by atoms with van der Waals surface area (Å²) in [6, 6.07) is 12.1. The summed E-state index contributed by atoms with van der Waals surface area (Å²) in [6.07, 6.45) is 3.80. The van der Waals surface area contributed by atoms with E-state index in [0.717, 1.165) is 38.1 Å². The summed E-state index contributed by atoms with van der Waals surface area (Å²) in [7, 11) is 0. The second-order valence-electron chi connectivity index (χ2n) is 4.84. The molecule has 4 aromatic rings. The van der Waals surface area contributed by atoms with Crippen molar-refractivity contribution in [3.63, 3.8) is 0 Å².